The number of nitrogens with one attached hydrogen (secondary N) is 1. The Morgan fingerprint density at radius 1 is 0.914 bits per heavy atom. The van der Waals surface area contributed by atoms with E-state index in [1.54, 1.807) is 0 Å². The molecule has 2 aliphatic heterocycles. The molecule has 2 aromatic carbocycles. The molecule has 3 atom stereocenters. The van der Waals surface area contributed by atoms with Crippen LogP contribution in [0.15, 0.2) is 66.0 Å². The SMILES string of the molecule is Cc1cccc(C)c1C(=O)N1CC2CN(CC[C@H](NC(=O)c3cccs3)c3ccccc3)CC2C1. The molecule has 6 heteroatoms. The summed E-state index contributed by atoms with van der Waals surface area (Å²) < 4.78 is 0. The third kappa shape index (κ3) is 5.19. The zero-order valence-corrected chi connectivity index (χ0v) is 21.3. The van der Waals surface area contributed by atoms with Gasteiger partial charge in [-0.1, -0.05) is 54.6 Å². The molecule has 3 aromatic rings. The van der Waals surface area contributed by atoms with Crippen molar-refractivity contribution in [2.45, 2.75) is 26.3 Å². The summed E-state index contributed by atoms with van der Waals surface area (Å²) >= 11 is 1.47. The first-order valence-electron chi connectivity index (χ1n) is 12.5. The quantitative estimate of drug-likeness (QED) is 0.514. The van der Waals surface area contributed by atoms with Crippen LogP contribution in [0, 0.1) is 25.7 Å². The molecule has 5 rings (SSSR count). The second kappa shape index (κ2) is 10.3. The summed E-state index contributed by atoms with van der Waals surface area (Å²) in [5.74, 6) is 1.23. The number of carbonyl (C=O) groups is 2. The normalized spacial score (nSPS) is 20.6. The highest BCUT2D eigenvalue weighted by atomic mass is 32.1. The van der Waals surface area contributed by atoms with Gasteiger partial charge in [-0.15, -0.1) is 11.3 Å². The van der Waals surface area contributed by atoms with E-state index in [0.29, 0.717) is 11.8 Å². The van der Waals surface area contributed by atoms with Crippen molar-refractivity contribution < 1.29 is 9.59 Å². The van der Waals surface area contributed by atoms with Gasteiger partial charge in [-0.25, -0.2) is 0 Å². The zero-order valence-electron chi connectivity index (χ0n) is 20.4. The van der Waals surface area contributed by atoms with Crippen LogP contribution in [0.2, 0.25) is 0 Å². The Labute approximate surface area is 211 Å². The standard InChI is InChI=1S/C29H33N3O2S/c1-20-8-6-9-21(2)27(20)29(34)32-18-23-16-31(17-24(23)19-32)14-13-25(22-10-4-3-5-11-22)30-28(33)26-12-7-15-35-26/h3-12,15,23-25H,13-14,16-19H2,1-2H3,(H,30,33)/t23?,24?,25-/m0/s1. The van der Waals surface area contributed by atoms with E-state index in [0.717, 1.165) is 66.3 Å². The van der Waals surface area contributed by atoms with Crippen LogP contribution in [0.1, 0.15) is 49.2 Å². The average Bonchev–Trinajstić information content (AvgIpc) is 3.59. The van der Waals surface area contributed by atoms with E-state index < -0.39 is 0 Å². The van der Waals surface area contributed by atoms with E-state index in [9.17, 15) is 9.59 Å². The number of amides is 2. The predicted molar refractivity (Wildman–Crippen MR) is 141 cm³/mol. The van der Waals surface area contributed by atoms with Gasteiger partial charge in [-0.2, -0.15) is 0 Å². The van der Waals surface area contributed by atoms with Crippen molar-refractivity contribution in [1.82, 2.24) is 15.1 Å². The number of hydrogen-bond acceptors (Lipinski definition) is 4. The van der Waals surface area contributed by atoms with E-state index in [4.69, 9.17) is 0 Å². The van der Waals surface area contributed by atoms with Crippen LogP contribution in [0.25, 0.3) is 0 Å². The fourth-order valence-corrected chi connectivity index (χ4v) is 6.33. The number of rotatable bonds is 7. The maximum absolute atomic E-state index is 13.2. The van der Waals surface area contributed by atoms with Gasteiger partial charge in [0.05, 0.1) is 10.9 Å². The molecule has 182 valence electrons. The lowest BCUT2D eigenvalue weighted by Crippen LogP contribution is -2.35. The lowest BCUT2D eigenvalue weighted by atomic mass is 10.0. The highest BCUT2D eigenvalue weighted by Crippen LogP contribution is 2.33. The molecule has 0 saturated carbocycles. The molecule has 0 spiro atoms. The van der Waals surface area contributed by atoms with Crippen molar-refractivity contribution in [3.05, 3.63) is 93.2 Å². The maximum atomic E-state index is 13.2. The number of hydrogen-bond donors (Lipinski definition) is 1. The van der Waals surface area contributed by atoms with Crippen LogP contribution in [0.4, 0.5) is 0 Å². The number of carbonyl (C=O) groups excluding carboxylic acids is 2. The third-order valence-corrected chi connectivity index (χ3v) is 8.40. The minimum atomic E-state index is -0.0200. The van der Waals surface area contributed by atoms with Gasteiger partial charge >= 0.3 is 0 Å². The van der Waals surface area contributed by atoms with Gasteiger partial charge in [0.2, 0.25) is 0 Å². The van der Waals surface area contributed by atoms with Crippen LogP contribution < -0.4 is 5.32 Å². The summed E-state index contributed by atoms with van der Waals surface area (Å²) in [5.41, 5.74) is 4.13. The molecule has 1 aromatic heterocycles. The molecule has 5 nitrogen and oxygen atoms in total. The minimum Gasteiger partial charge on any atom is -0.344 e. The fourth-order valence-electron chi connectivity index (χ4n) is 5.70. The molecule has 2 unspecified atom stereocenters. The Morgan fingerprint density at radius 3 is 2.23 bits per heavy atom. The van der Waals surface area contributed by atoms with E-state index >= 15 is 0 Å². The summed E-state index contributed by atoms with van der Waals surface area (Å²) in [4.78, 5) is 31.3. The molecular weight excluding hydrogens is 454 g/mol. The molecule has 2 aliphatic rings. The summed E-state index contributed by atoms with van der Waals surface area (Å²) in [6.45, 7) is 8.69. The molecule has 0 aliphatic carbocycles. The fraction of sp³-hybridized carbons (Fsp3) is 0.379. The van der Waals surface area contributed by atoms with Gasteiger partial charge < -0.3 is 15.1 Å². The molecular formula is C29H33N3O2S. The van der Waals surface area contributed by atoms with Crippen molar-refractivity contribution in [1.29, 1.82) is 0 Å². The van der Waals surface area contributed by atoms with Gasteiger partial charge in [-0.05, 0) is 60.2 Å². The van der Waals surface area contributed by atoms with Crippen molar-refractivity contribution in [3.8, 4) is 0 Å². The first-order chi connectivity index (χ1) is 17.0. The lowest BCUT2D eigenvalue weighted by Gasteiger charge is -2.25. The van der Waals surface area contributed by atoms with Crippen molar-refractivity contribution >= 4 is 23.2 Å². The molecule has 2 amide bonds. The maximum Gasteiger partial charge on any atom is 0.261 e. The van der Waals surface area contributed by atoms with Gasteiger partial charge in [0.1, 0.15) is 0 Å². The monoisotopic (exact) mass is 487 g/mol. The second-order valence-electron chi connectivity index (χ2n) is 9.96. The van der Waals surface area contributed by atoms with Gasteiger partial charge in [-0.3, -0.25) is 9.59 Å². The Kier molecular flexibility index (Phi) is 7.02. The number of likely N-dealkylation sites (tertiary alicyclic amines) is 2. The van der Waals surface area contributed by atoms with E-state index in [1.807, 2.05) is 67.8 Å². The molecule has 2 saturated heterocycles. The molecule has 35 heavy (non-hydrogen) atoms. The minimum absolute atomic E-state index is 0.00667. The van der Waals surface area contributed by atoms with Crippen LogP contribution in [-0.4, -0.2) is 54.3 Å². The van der Waals surface area contributed by atoms with Crippen LogP contribution in [0.5, 0.6) is 0 Å². The number of thiophene rings is 1. The summed E-state index contributed by atoms with van der Waals surface area (Å²) in [6.07, 6.45) is 0.867. The van der Waals surface area contributed by atoms with Crippen LogP contribution in [-0.2, 0) is 0 Å². The van der Waals surface area contributed by atoms with E-state index in [2.05, 4.69) is 27.2 Å². The van der Waals surface area contributed by atoms with Crippen molar-refractivity contribution in [2.24, 2.45) is 11.8 Å². The zero-order chi connectivity index (χ0) is 24.4. The van der Waals surface area contributed by atoms with E-state index in [1.165, 1.54) is 11.3 Å². The van der Waals surface area contributed by atoms with Crippen molar-refractivity contribution in [3.63, 3.8) is 0 Å². The summed E-state index contributed by atoms with van der Waals surface area (Å²) in [6, 6.07) is 20.1. The largest absolute Gasteiger partial charge is 0.344 e. The molecule has 3 heterocycles. The predicted octanol–water partition coefficient (Wildman–Crippen LogP) is 4.93. The Hall–Kier alpha value is -2.96. The molecule has 2 fully saturated rings. The summed E-state index contributed by atoms with van der Waals surface area (Å²) in [5, 5.41) is 5.19. The highest BCUT2D eigenvalue weighted by molar-refractivity contribution is 7.12. The van der Waals surface area contributed by atoms with Gasteiger partial charge in [0.15, 0.2) is 0 Å². The van der Waals surface area contributed by atoms with Crippen molar-refractivity contribution in [2.75, 3.05) is 32.7 Å². The van der Waals surface area contributed by atoms with Gasteiger partial charge in [0, 0.05) is 38.3 Å². The number of aryl methyl sites for hydroxylation is 2. The molecule has 0 bridgehead atoms. The average molecular weight is 488 g/mol. The number of fused-ring (bicyclic) bond motifs is 1. The smallest absolute Gasteiger partial charge is 0.261 e. The Morgan fingerprint density at radius 2 is 1.60 bits per heavy atom. The van der Waals surface area contributed by atoms with Crippen LogP contribution >= 0.6 is 11.3 Å². The van der Waals surface area contributed by atoms with E-state index in [-0.39, 0.29) is 17.9 Å². The Bertz CT molecular complexity index is 1140. The van der Waals surface area contributed by atoms with Crippen LogP contribution in [0.3, 0.4) is 0 Å². The number of nitrogens with zero attached hydrogens (tertiary/aromatic N) is 2. The second-order valence-corrected chi connectivity index (χ2v) is 10.9. The number of benzene rings is 2. The Balaban J connectivity index is 1.18. The highest BCUT2D eigenvalue weighted by Gasteiger charge is 2.42. The third-order valence-electron chi connectivity index (χ3n) is 7.53. The summed E-state index contributed by atoms with van der Waals surface area (Å²) in [7, 11) is 0. The molecule has 0 radical (unpaired) electrons. The topological polar surface area (TPSA) is 52.7 Å². The lowest BCUT2D eigenvalue weighted by molar-refractivity contribution is 0.0772. The van der Waals surface area contributed by atoms with Gasteiger partial charge in [0.25, 0.3) is 11.8 Å². The first kappa shape index (κ1) is 23.8. The molecule has 1 N–H and O–H groups in total. The first-order valence-corrected chi connectivity index (χ1v) is 13.3.